The minimum absolute atomic E-state index is 0.0568. The number of carboxylic acids is 1. The minimum Gasteiger partial charge on any atom is -0.481 e. The van der Waals surface area contributed by atoms with Gasteiger partial charge in [0.1, 0.15) is 5.78 Å². The van der Waals surface area contributed by atoms with E-state index in [9.17, 15) is 9.59 Å². The Morgan fingerprint density at radius 2 is 2.08 bits per heavy atom. The molecule has 0 radical (unpaired) electrons. The molecule has 0 bridgehead atoms. The van der Waals surface area contributed by atoms with E-state index in [0.717, 1.165) is 32.1 Å². The number of allylic oxidation sites excluding steroid dienone is 2. The van der Waals surface area contributed by atoms with Gasteiger partial charge in [0, 0.05) is 25.9 Å². The number of carboxylic acid groups (broad SMARTS) is 1. The minimum atomic E-state index is -0.746. The fourth-order valence-electron chi connectivity index (χ4n) is 3.69. The number of hydrogen-bond acceptors (Lipinski definition) is 3. The Balaban J connectivity index is 2.39. The smallest absolute Gasteiger partial charge is 0.303 e. The predicted octanol–water partition coefficient (Wildman–Crippen LogP) is 5.16. The fraction of sp³-hybridized carbons (Fsp3) is 0.810. The van der Waals surface area contributed by atoms with Crippen molar-refractivity contribution < 1.29 is 19.4 Å². The van der Waals surface area contributed by atoms with Crippen LogP contribution in [-0.4, -0.2) is 30.1 Å². The first-order valence-electron chi connectivity index (χ1n) is 10.0. The zero-order valence-corrected chi connectivity index (χ0v) is 16.0. The molecular weight excluding hydrogens is 316 g/mol. The second kappa shape index (κ2) is 13.1. The van der Waals surface area contributed by atoms with Gasteiger partial charge < -0.3 is 9.84 Å². The highest BCUT2D eigenvalue weighted by Gasteiger charge is 2.34. The predicted molar refractivity (Wildman–Crippen MR) is 101 cm³/mol. The largest absolute Gasteiger partial charge is 0.481 e. The summed E-state index contributed by atoms with van der Waals surface area (Å²) in [5, 5.41) is 8.70. The van der Waals surface area contributed by atoms with Crippen molar-refractivity contribution in [2.45, 2.75) is 90.1 Å². The first-order valence-corrected chi connectivity index (χ1v) is 10.0. The van der Waals surface area contributed by atoms with Crippen LogP contribution in [0.1, 0.15) is 84.0 Å². The molecule has 0 saturated heterocycles. The van der Waals surface area contributed by atoms with Crippen LogP contribution in [0.2, 0.25) is 0 Å². The van der Waals surface area contributed by atoms with Gasteiger partial charge in [-0.2, -0.15) is 0 Å². The quantitative estimate of drug-likeness (QED) is 0.346. The molecule has 1 fully saturated rings. The van der Waals surface area contributed by atoms with Crippen LogP contribution < -0.4 is 0 Å². The van der Waals surface area contributed by atoms with E-state index in [0.29, 0.717) is 24.5 Å². The number of ether oxygens (including phenoxy) is 1. The van der Waals surface area contributed by atoms with E-state index in [4.69, 9.17) is 9.84 Å². The number of hydrogen-bond donors (Lipinski definition) is 1. The maximum absolute atomic E-state index is 12.3. The lowest BCUT2D eigenvalue weighted by Gasteiger charge is -2.22. The molecule has 4 heteroatoms. The lowest BCUT2D eigenvalue weighted by Crippen LogP contribution is -2.22. The molecule has 0 spiro atoms. The van der Waals surface area contributed by atoms with Crippen LogP contribution in [0.4, 0.5) is 0 Å². The summed E-state index contributed by atoms with van der Waals surface area (Å²) in [6.45, 7) is 2.22. The fourth-order valence-corrected chi connectivity index (χ4v) is 3.69. The number of carbonyl (C=O) groups excluding carboxylic acids is 1. The van der Waals surface area contributed by atoms with E-state index in [1.54, 1.807) is 7.11 Å². The normalized spacial score (nSPS) is 21.9. The Labute approximate surface area is 153 Å². The van der Waals surface area contributed by atoms with Crippen molar-refractivity contribution in [2.75, 3.05) is 7.11 Å². The van der Waals surface area contributed by atoms with Crippen molar-refractivity contribution in [2.24, 2.45) is 11.8 Å². The summed E-state index contributed by atoms with van der Waals surface area (Å²) in [7, 11) is 1.69. The zero-order valence-electron chi connectivity index (χ0n) is 16.0. The molecule has 1 saturated carbocycles. The van der Waals surface area contributed by atoms with Gasteiger partial charge in [-0.3, -0.25) is 9.59 Å². The summed E-state index contributed by atoms with van der Waals surface area (Å²) >= 11 is 0. The Bertz CT molecular complexity index is 416. The van der Waals surface area contributed by atoms with Crippen LogP contribution in [-0.2, 0) is 14.3 Å². The van der Waals surface area contributed by atoms with Gasteiger partial charge in [0.25, 0.3) is 0 Å². The van der Waals surface area contributed by atoms with Crippen LogP contribution in [0.25, 0.3) is 0 Å². The maximum Gasteiger partial charge on any atom is 0.303 e. The molecule has 0 aromatic heterocycles. The van der Waals surface area contributed by atoms with Crippen molar-refractivity contribution in [1.29, 1.82) is 0 Å². The lowest BCUT2D eigenvalue weighted by molar-refractivity contribution is -0.137. The number of methoxy groups -OCH3 is 1. The first kappa shape index (κ1) is 21.9. The van der Waals surface area contributed by atoms with Crippen molar-refractivity contribution >= 4 is 11.8 Å². The van der Waals surface area contributed by atoms with Crippen molar-refractivity contribution in [3.05, 3.63) is 12.2 Å². The summed E-state index contributed by atoms with van der Waals surface area (Å²) in [4.78, 5) is 22.8. The first-order chi connectivity index (χ1) is 12.1. The van der Waals surface area contributed by atoms with Gasteiger partial charge in [-0.1, -0.05) is 44.8 Å². The van der Waals surface area contributed by atoms with Crippen LogP contribution in [0, 0.1) is 11.8 Å². The number of ketones is 1. The molecule has 1 N–H and O–H groups in total. The highest BCUT2D eigenvalue weighted by molar-refractivity contribution is 5.83. The number of carbonyl (C=O) groups is 2. The molecule has 0 aromatic rings. The molecule has 25 heavy (non-hydrogen) atoms. The second-order valence-corrected chi connectivity index (χ2v) is 7.29. The van der Waals surface area contributed by atoms with Crippen molar-refractivity contribution in [3.63, 3.8) is 0 Å². The average Bonchev–Trinajstić information content (AvgIpc) is 2.93. The molecule has 0 amide bonds. The van der Waals surface area contributed by atoms with E-state index < -0.39 is 5.97 Å². The zero-order chi connectivity index (χ0) is 18.5. The van der Waals surface area contributed by atoms with Gasteiger partial charge >= 0.3 is 5.97 Å². The van der Waals surface area contributed by atoms with Crippen LogP contribution in [0.5, 0.6) is 0 Å². The second-order valence-electron chi connectivity index (χ2n) is 7.29. The monoisotopic (exact) mass is 352 g/mol. The van der Waals surface area contributed by atoms with Gasteiger partial charge in [-0.25, -0.2) is 0 Å². The van der Waals surface area contributed by atoms with Gasteiger partial charge in [0.2, 0.25) is 0 Å². The van der Waals surface area contributed by atoms with E-state index >= 15 is 0 Å². The highest BCUT2D eigenvalue weighted by atomic mass is 16.5. The third-order valence-corrected chi connectivity index (χ3v) is 5.28. The van der Waals surface area contributed by atoms with E-state index in [2.05, 4.69) is 19.1 Å². The number of Topliss-reactive ketones (excluding diaryl/α,β-unsaturated/α-hetero) is 1. The standard InChI is InChI=1S/C21H36O4/c1-3-4-5-6-7-8-11-17-14-15-20(22)19(17)16-18(25-2)12-9-10-13-21(23)24/h8,11,17-19H,3-7,9-10,12-16H2,1-2H3,(H,23,24)/t17-,18?,19+/m0/s1. The third kappa shape index (κ3) is 9.20. The van der Waals surface area contributed by atoms with E-state index in [1.807, 2.05) is 0 Å². The summed E-state index contributed by atoms with van der Waals surface area (Å²) in [5.41, 5.74) is 0. The third-order valence-electron chi connectivity index (χ3n) is 5.28. The topological polar surface area (TPSA) is 63.6 Å². The van der Waals surface area contributed by atoms with Crippen LogP contribution >= 0.6 is 0 Å². The molecule has 1 aliphatic rings. The Hall–Kier alpha value is -1.16. The van der Waals surface area contributed by atoms with Gasteiger partial charge in [-0.05, 0) is 44.4 Å². The number of rotatable bonds is 14. The lowest BCUT2D eigenvalue weighted by atomic mass is 9.88. The number of unbranched alkanes of at least 4 members (excludes halogenated alkanes) is 5. The molecule has 0 heterocycles. The SMILES string of the molecule is CCCCCCC=C[C@H]1CCC(=O)[C@@H]1CC(CCCCC(=O)O)OC. The maximum atomic E-state index is 12.3. The number of aliphatic carboxylic acids is 1. The Kier molecular flexibility index (Phi) is 11.5. The summed E-state index contributed by atoms with van der Waals surface area (Å²) in [6.07, 6.45) is 15.8. The van der Waals surface area contributed by atoms with E-state index in [1.165, 1.54) is 25.7 Å². The van der Waals surface area contributed by atoms with Gasteiger partial charge in [0.05, 0.1) is 6.10 Å². The highest BCUT2D eigenvalue weighted by Crippen LogP contribution is 2.34. The van der Waals surface area contributed by atoms with E-state index in [-0.39, 0.29) is 18.4 Å². The summed E-state index contributed by atoms with van der Waals surface area (Å²) in [5.74, 6) is 0.0592. The summed E-state index contributed by atoms with van der Waals surface area (Å²) < 4.78 is 5.56. The Morgan fingerprint density at radius 1 is 1.28 bits per heavy atom. The summed E-state index contributed by atoms with van der Waals surface area (Å²) in [6, 6.07) is 0. The van der Waals surface area contributed by atoms with Crippen molar-refractivity contribution in [1.82, 2.24) is 0 Å². The molecule has 1 rings (SSSR count). The Morgan fingerprint density at radius 3 is 2.76 bits per heavy atom. The average molecular weight is 353 g/mol. The molecule has 1 unspecified atom stereocenters. The molecule has 0 aliphatic heterocycles. The van der Waals surface area contributed by atoms with Gasteiger partial charge in [-0.15, -0.1) is 0 Å². The molecular formula is C21H36O4. The molecule has 4 nitrogen and oxygen atoms in total. The van der Waals surface area contributed by atoms with Crippen LogP contribution in [0.3, 0.4) is 0 Å². The van der Waals surface area contributed by atoms with Crippen molar-refractivity contribution in [3.8, 4) is 0 Å². The molecule has 144 valence electrons. The van der Waals surface area contributed by atoms with Crippen LogP contribution in [0.15, 0.2) is 12.2 Å². The molecule has 1 aliphatic carbocycles. The van der Waals surface area contributed by atoms with Gasteiger partial charge in [0.15, 0.2) is 0 Å². The molecule has 0 aromatic carbocycles. The molecule has 3 atom stereocenters.